The fourth-order valence-corrected chi connectivity index (χ4v) is 4.06. The maximum atomic E-state index is 5.67. The number of benzene rings is 2. The molecule has 0 spiro atoms. The predicted octanol–water partition coefficient (Wildman–Crippen LogP) is 4.01. The smallest absolute Gasteiger partial charge is 0.199 e. The summed E-state index contributed by atoms with van der Waals surface area (Å²) in [7, 11) is 2.00. The first-order chi connectivity index (χ1) is 13.5. The van der Waals surface area contributed by atoms with Gasteiger partial charge in [-0.3, -0.25) is 4.90 Å². The largest absolute Gasteiger partial charge is 0.369 e. The molecule has 6 heteroatoms. The maximum Gasteiger partial charge on any atom is 0.199 e. The molecule has 5 nitrogen and oxygen atoms in total. The van der Waals surface area contributed by atoms with E-state index in [0.29, 0.717) is 0 Å². The van der Waals surface area contributed by atoms with Crippen LogP contribution in [-0.4, -0.2) is 45.4 Å². The molecule has 1 aliphatic heterocycles. The zero-order valence-electron chi connectivity index (χ0n) is 16.8. The van der Waals surface area contributed by atoms with Crippen molar-refractivity contribution in [3.63, 3.8) is 0 Å². The molecular weight excluding hydrogens is 366 g/mol. The topological polar surface area (TPSA) is 29.2 Å². The van der Waals surface area contributed by atoms with E-state index >= 15 is 0 Å². The first-order valence-corrected chi connectivity index (χ1v) is 10.2. The lowest BCUT2D eigenvalue weighted by Crippen LogP contribution is -2.47. The van der Waals surface area contributed by atoms with Gasteiger partial charge in [0.15, 0.2) is 10.6 Å². The summed E-state index contributed by atoms with van der Waals surface area (Å²) in [5.41, 5.74) is 5.04. The van der Waals surface area contributed by atoms with Crippen LogP contribution in [-0.2, 0) is 13.7 Å². The number of anilines is 1. The Morgan fingerprint density at radius 2 is 1.54 bits per heavy atom. The highest BCUT2D eigenvalue weighted by Crippen LogP contribution is 2.23. The fourth-order valence-electron chi connectivity index (χ4n) is 3.88. The van der Waals surface area contributed by atoms with Crippen LogP contribution in [0.1, 0.15) is 11.1 Å². The Labute approximate surface area is 171 Å². The monoisotopic (exact) mass is 393 g/mol. The summed E-state index contributed by atoms with van der Waals surface area (Å²) in [5.74, 6) is 0.932. The van der Waals surface area contributed by atoms with Crippen LogP contribution in [0.15, 0.2) is 48.5 Å². The number of hydrogen-bond donors (Lipinski definition) is 0. The lowest BCUT2D eigenvalue weighted by atomic mass is 10.1. The number of piperazine rings is 1. The molecule has 1 fully saturated rings. The molecule has 1 aliphatic rings. The summed E-state index contributed by atoms with van der Waals surface area (Å²) < 4.78 is 4.74. The Hall–Kier alpha value is -2.44. The lowest BCUT2D eigenvalue weighted by molar-refractivity contribution is 0.194. The number of aryl methyl sites for hydroxylation is 2. The van der Waals surface area contributed by atoms with Gasteiger partial charge in [0.2, 0.25) is 0 Å². The van der Waals surface area contributed by atoms with E-state index in [-0.39, 0.29) is 0 Å². The molecule has 0 unspecified atom stereocenters. The number of rotatable bonds is 4. The molecule has 0 bridgehead atoms. The SMILES string of the molecule is Cc1ccccc1-c1nn(CN2CCN(c3ccccc3C)CC2)c(=S)n1C. The third-order valence-electron chi connectivity index (χ3n) is 5.59. The molecule has 2 heterocycles. The van der Waals surface area contributed by atoms with Crippen molar-refractivity contribution in [1.29, 1.82) is 0 Å². The maximum absolute atomic E-state index is 5.67. The van der Waals surface area contributed by atoms with Crippen molar-refractivity contribution in [3.05, 3.63) is 64.4 Å². The second-order valence-electron chi connectivity index (χ2n) is 7.51. The summed E-state index contributed by atoms with van der Waals surface area (Å²) in [6.45, 7) is 9.09. The molecule has 1 saturated heterocycles. The van der Waals surface area contributed by atoms with Crippen LogP contribution < -0.4 is 4.90 Å². The average Bonchev–Trinajstić information content (AvgIpc) is 2.98. The number of hydrogen-bond acceptors (Lipinski definition) is 4. The Kier molecular flexibility index (Phi) is 5.33. The van der Waals surface area contributed by atoms with Crippen molar-refractivity contribution in [2.24, 2.45) is 7.05 Å². The minimum atomic E-state index is 0.736. The highest BCUT2D eigenvalue weighted by Gasteiger charge is 2.20. The molecule has 4 rings (SSSR count). The second-order valence-corrected chi connectivity index (χ2v) is 7.88. The summed E-state index contributed by atoms with van der Waals surface area (Å²) in [6, 6.07) is 16.9. The van der Waals surface area contributed by atoms with E-state index in [4.69, 9.17) is 17.3 Å². The van der Waals surface area contributed by atoms with E-state index in [0.717, 1.165) is 49.0 Å². The van der Waals surface area contributed by atoms with E-state index in [1.165, 1.54) is 16.8 Å². The molecule has 2 aromatic carbocycles. The average molecular weight is 394 g/mol. The Morgan fingerprint density at radius 1 is 0.893 bits per heavy atom. The molecule has 1 aromatic heterocycles. The fraction of sp³-hybridized carbons (Fsp3) is 0.364. The molecule has 0 aliphatic carbocycles. The molecule has 146 valence electrons. The molecule has 0 atom stereocenters. The highest BCUT2D eigenvalue weighted by atomic mass is 32.1. The van der Waals surface area contributed by atoms with Gasteiger partial charge >= 0.3 is 0 Å². The number of nitrogens with zero attached hydrogens (tertiary/aromatic N) is 5. The van der Waals surface area contributed by atoms with Gasteiger partial charge in [-0.25, -0.2) is 4.68 Å². The van der Waals surface area contributed by atoms with Crippen molar-refractivity contribution in [3.8, 4) is 11.4 Å². The van der Waals surface area contributed by atoms with Crippen molar-refractivity contribution >= 4 is 17.9 Å². The zero-order valence-corrected chi connectivity index (χ0v) is 17.6. The molecule has 28 heavy (non-hydrogen) atoms. The van der Waals surface area contributed by atoms with Gasteiger partial charge in [-0.1, -0.05) is 42.5 Å². The summed E-state index contributed by atoms with van der Waals surface area (Å²) in [6.07, 6.45) is 0. The van der Waals surface area contributed by atoms with Gasteiger partial charge in [-0.05, 0) is 43.3 Å². The Morgan fingerprint density at radius 3 is 2.21 bits per heavy atom. The molecular formula is C22H27N5S. The third kappa shape index (κ3) is 3.62. The van der Waals surface area contributed by atoms with Crippen LogP contribution in [0.25, 0.3) is 11.4 Å². The summed E-state index contributed by atoms with van der Waals surface area (Å²) >= 11 is 5.67. The minimum absolute atomic E-state index is 0.736. The van der Waals surface area contributed by atoms with Gasteiger partial charge in [-0.15, -0.1) is 0 Å². The van der Waals surface area contributed by atoms with Crippen molar-refractivity contribution in [2.75, 3.05) is 31.1 Å². The van der Waals surface area contributed by atoms with Crippen LogP contribution >= 0.6 is 12.2 Å². The van der Waals surface area contributed by atoms with E-state index in [1.807, 2.05) is 16.3 Å². The molecule has 0 saturated carbocycles. The van der Waals surface area contributed by atoms with Gasteiger partial charge in [0.05, 0.1) is 6.67 Å². The van der Waals surface area contributed by atoms with Gasteiger partial charge in [0, 0.05) is 44.5 Å². The van der Waals surface area contributed by atoms with E-state index in [9.17, 15) is 0 Å². The van der Waals surface area contributed by atoms with Crippen LogP contribution in [0.2, 0.25) is 0 Å². The van der Waals surface area contributed by atoms with Gasteiger partial charge in [-0.2, -0.15) is 5.10 Å². The van der Waals surface area contributed by atoms with E-state index in [2.05, 4.69) is 72.2 Å². The molecule has 0 N–H and O–H groups in total. The first kappa shape index (κ1) is 18.9. The van der Waals surface area contributed by atoms with Gasteiger partial charge < -0.3 is 9.47 Å². The van der Waals surface area contributed by atoms with Gasteiger partial charge in [0.1, 0.15) is 0 Å². The molecule has 3 aromatic rings. The number of aromatic nitrogens is 3. The van der Waals surface area contributed by atoms with Crippen LogP contribution in [0, 0.1) is 18.6 Å². The zero-order chi connectivity index (χ0) is 19.7. The summed E-state index contributed by atoms with van der Waals surface area (Å²) in [4.78, 5) is 4.90. The lowest BCUT2D eigenvalue weighted by Gasteiger charge is -2.36. The Bertz CT molecular complexity index is 1030. The molecule has 0 radical (unpaired) electrons. The van der Waals surface area contributed by atoms with Gasteiger partial charge in [0.25, 0.3) is 0 Å². The first-order valence-electron chi connectivity index (χ1n) is 9.77. The predicted molar refractivity (Wildman–Crippen MR) is 117 cm³/mol. The normalized spacial score (nSPS) is 15.2. The Balaban J connectivity index is 1.48. The summed E-state index contributed by atoms with van der Waals surface area (Å²) in [5, 5.41) is 4.85. The number of para-hydroxylation sites is 1. The van der Waals surface area contributed by atoms with Crippen molar-refractivity contribution in [1.82, 2.24) is 19.2 Å². The second kappa shape index (κ2) is 7.89. The standard InChI is InChI=1S/C22H27N5S/c1-17-8-4-6-10-19(17)21-23-27(22(28)24(21)3)16-25-12-14-26(15-13-25)20-11-7-5-9-18(20)2/h4-11H,12-16H2,1-3H3. The van der Waals surface area contributed by atoms with Crippen molar-refractivity contribution in [2.45, 2.75) is 20.5 Å². The van der Waals surface area contributed by atoms with Crippen LogP contribution in [0.3, 0.4) is 0 Å². The van der Waals surface area contributed by atoms with E-state index < -0.39 is 0 Å². The van der Waals surface area contributed by atoms with Crippen LogP contribution in [0.5, 0.6) is 0 Å². The quantitative estimate of drug-likeness (QED) is 0.626. The minimum Gasteiger partial charge on any atom is -0.369 e. The highest BCUT2D eigenvalue weighted by molar-refractivity contribution is 7.71. The van der Waals surface area contributed by atoms with Crippen molar-refractivity contribution < 1.29 is 0 Å². The molecule has 0 amide bonds. The third-order valence-corrected chi connectivity index (χ3v) is 6.07. The van der Waals surface area contributed by atoms with E-state index in [1.54, 1.807) is 0 Å². The van der Waals surface area contributed by atoms with Crippen LogP contribution in [0.4, 0.5) is 5.69 Å².